The number of tetrazole rings is 1. The molecule has 0 saturated carbocycles. The van der Waals surface area contributed by atoms with Gasteiger partial charge in [0, 0.05) is 7.05 Å². The molecular formula is C5H8N6O2. The van der Waals surface area contributed by atoms with Crippen molar-refractivity contribution in [3.8, 4) is 0 Å². The molecule has 0 bridgehead atoms. The predicted molar refractivity (Wildman–Crippen MR) is 40.6 cm³/mol. The summed E-state index contributed by atoms with van der Waals surface area (Å²) in [5.41, 5.74) is 0. The zero-order valence-corrected chi connectivity index (χ0v) is 6.87. The Kier molecular flexibility index (Phi) is 2.90. The monoisotopic (exact) mass is 184 g/mol. The smallest absolute Gasteiger partial charge is 0.293 e. The fraction of sp³-hybridized carbons (Fsp3) is 0.400. The van der Waals surface area contributed by atoms with E-state index in [1.807, 2.05) is 0 Å². The number of nitrogens with one attached hydrogen (secondary N) is 3. The maximum absolute atomic E-state index is 11.1. The van der Waals surface area contributed by atoms with E-state index in [2.05, 4.69) is 31.3 Å². The second kappa shape index (κ2) is 4.14. The van der Waals surface area contributed by atoms with Crippen molar-refractivity contribution in [2.24, 2.45) is 0 Å². The molecule has 0 saturated heterocycles. The summed E-state index contributed by atoms with van der Waals surface area (Å²) in [6.07, 6.45) is 0. The first kappa shape index (κ1) is 9.10. The van der Waals surface area contributed by atoms with Crippen molar-refractivity contribution in [1.82, 2.24) is 31.3 Å². The Labute approximate surface area is 73.1 Å². The summed E-state index contributed by atoms with van der Waals surface area (Å²) in [5, 5.41) is 16.8. The predicted octanol–water partition coefficient (Wildman–Crippen LogP) is -2.32. The van der Waals surface area contributed by atoms with Gasteiger partial charge in [0.05, 0.1) is 6.54 Å². The molecule has 8 nitrogen and oxygen atoms in total. The van der Waals surface area contributed by atoms with Crippen LogP contribution < -0.4 is 10.6 Å². The van der Waals surface area contributed by atoms with Crippen LogP contribution >= 0.6 is 0 Å². The van der Waals surface area contributed by atoms with Crippen molar-refractivity contribution in [3.05, 3.63) is 5.82 Å². The molecule has 0 aliphatic rings. The van der Waals surface area contributed by atoms with E-state index in [1.54, 1.807) is 0 Å². The lowest BCUT2D eigenvalue weighted by atomic mass is 10.5. The van der Waals surface area contributed by atoms with E-state index < -0.39 is 5.91 Å². The minimum Gasteiger partial charge on any atom is -0.358 e. The molecular weight excluding hydrogens is 176 g/mol. The van der Waals surface area contributed by atoms with E-state index in [1.165, 1.54) is 7.05 Å². The molecule has 0 unspecified atom stereocenters. The van der Waals surface area contributed by atoms with Gasteiger partial charge >= 0.3 is 0 Å². The Hall–Kier alpha value is -1.99. The minimum atomic E-state index is -0.544. The quantitative estimate of drug-likeness (QED) is 0.488. The number of hydrogen-bond donors (Lipinski definition) is 3. The summed E-state index contributed by atoms with van der Waals surface area (Å²) in [4.78, 5) is 21.7. The van der Waals surface area contributed by atoms with Crippen molar-refractivity contribution < 1.29 is 9.59 Å². The van der Waals surface area contributed by atoms with Gasteiger partial charge in [-0.05, 0) is 5.21 Å². The molecule has 1 aromatic heterocycles. The Balaban J connectivity index is 2.39. The highest BCUT2D eigenvalue weighted by atomic mass is 16.2. The average molecular weight is 184 g/mol. The summed E-state index contributed by atoms with van der Waals surface area (Å²) >= 11 is 0. The standard InChI is InChI=1S/C5H8N6O2/c1-6-3(12)2-7-5(13)4-8-10-11-9-4/h2H2,1H3,(H,6,12)(H,7,13)(H,8,9,10,11). The number of amides is 2. The minimum absolute atomic E-state index is 0.0936. The third-order valence-electron chi connectivity index (χ3n) is 1.24. The second-order valence-corrected chi connectivity index (χ2v) is 2.09. The van der Waals surface area contributed by atoms with Crippen LogP contribution in [0.4, 0.5) is 0 Å². The first-order valence-corrected chi connectivity index (χ1v) is 3.46. The summed E-state index contributed by atoms with van der Waals surface area (Å²) in [5.74, 6) is -0.932. The molecule has 1 heterocycles. The number of rotatable bonds is 3. The summed E-state index contributed by atoms with van der Waals surface area (Å²) in [7, 11) is 1.48. The highest BCUT2D eigenvalue weighted by molar-refractivity contribution is 5.93. The van der Waals surface area contributed by atoms with Gasteiger partial charge in [0.2, 0.25) is 5.91 Å². The molecule has 0 atom stereocenters. The van der Waals surface area contributed by atoms with Crippen molar-refractivity contribution >= 4 is 11.8 Å². The van der Waals surface area contributed by atoms with E-state index in [-0.39, 0.29) is 18.3 Å². The van der Waals surface area contributed by atoms with Crippen LogP contribution in [0.3, 0.4) is 0 Å². The van der Waals surface area contributed by atoms with Crippen molar-refractivity contribution in [3.63, 3.8) is 0 Å². The molecule has 0 spiro atoms. The van der Waals surface area contributed by atoms with Gasteiger partial charge in [-0.15, -0.1) is 10.2 Å². The fourth-order valence-electron chi connectivity index (χ4n) is 0.586. The Morgan fingerprint density at radius 1 is 1.54 bits per heavy atom. The summed E-state index contributed by atoms with van der Waals surface area (Å²) < 4.78 is 0. The Bertz CT molecular complexity index is 294. The average Bonchev–Trinajstić information content (AvgIpc) is 2.66. The number of hydrogen-bond acceptors (Lipinski definition) is 5. The van der Waals surface area contributed by atoms with Gasteiger partial charge in [-0.3, -0.25) is 9.59 Å². The Morgan fingerprint density at radius 2 is 2.31 bits per heavy atom. The SMILES string of the molecule is CNC(=O)CNC(=O)c1nn[nH]n1. The van der Waals surface area contributed by atoms with Crippen LogP contribution in [0.5, 0.6) is 0 Å². The van der Waals surface area contributed by atoms with E-state index in [0.29, 0.717) is 0 Å². The molecule has 0 aromatic carbocycles. The zero-order valence-electron chi connectivity index (χ0n) is 6.87. The van der Waals surface area contributed by atoms with Crippen LogP contribution in [-0.4, -0.2) is 46.0 Å². The molecule has 1 aromatic rings. The van der Waals surface area contributed by atoms with Crippen LogP contribution in [-0.2, 0) is 4.79 Å². The molecule has 2 amide bonds. The highest BCUT2D eigenvalue weighted by Gasteiger charge is 2.10. The first-order valence-electron chi connectivity index (χ1n) is 3.46. The second-order valence-electron chi connectivity index (χ2n) is 2.09. The van der Waals surface area contributed by atoms with Gasteiger partial charge in [0.1, 0.15) is 0 Å². The zero-order chi connectivity index (χ0) is 9.68. The summed E-state index contributed by atoms with van der Waals surface area (Å²) in [6.45, 7) is -0.107. The molecule has 0 aliphatic carbocycles. The number of carbonyl (C=O) groups is 2. The molecule has 0 aliphatic heterocycles. The van der Waals surface area contributed by atoms with Gasteiger partial charge in [-0.2, -0.15) is 5.21 Å². The molecule has 70 valence electrons. The van der Waals surface area contributed by atoms with E-state index in [0.717, 1.165) is 0 Å². The third-order valence-corrected chi connectivity index (χ3v) is 1.24. The molecule has 0 fully saturated rings. The van der Waals surface area contributed by atoms with Crippen LogP contribution in [0.25, 0.3) is 0 Å². The third kappa shape index (κ3) is 2.51. The van der Waals surface area contributed by atoms with E-state index in [9.17, 15) is 9.59 Å². The number of carbonyl (C=O) groups excluding carboxylic acids is 2. The highest BCUT2D eigenvalue weighted by Crippen LogP contribution is 1.81. The number of H-pyrrole nitrogens is 1. The molecule has 3 N–H and O–H groups in total. The van der Waals surface area contributed by atoms with Gasteiger partial charge in [0.15, 0.2) is 0 Å². The number of aromatic nitrogens is 4. The number of aromatic amines is 1. The molecule has 13 heavy (non-hydrogen) atoms. The lowest BCUT2D eigenvalue weighted by molar-refractivity contribution is -0.119. The topological polar surface area (TPSA) is 113 Å². The molecule has 8 heteroatoms. The van der Waals surface area contributed by atoms with Gasteiger partial charge in [0.25, 0.3) is 11.7 Å². The van der Waals surface area contributed by atoms with Crippen LogP contribution in [0.15, 0.2) is 0 Å². The van der Waals surface area contributed by atoms with Gasteiger partial charge < -0.3 is 10.6 Å². The van der Waals surface area contributed by atoms with Crippen molar-refractivity contribution in [2.45, 2.75) is 0 Å². The molecule has 1 rings (SSSR count). The van der Waals surface area contributed by atoms with E-state index >= 15 is 0 Å². The van der Waals surface area contributed by atoms with Crippen LogP contribution in [0.1, 0.15) is 10.6 Å². The maximum Gasteiger partial charge on any atom is 0.293 e. The lowest BCUT2D eigenvalue weighted by Gasteiger charge is -1.99. The first-order chi connectivity index (χ1) is 6.24. The normalized spacial score (nSPS) is 9.31. The van der Waals surface area contributed by atoms with Gasteiger partial charge in [-0.25, -0.2) is 0 Å². The van der Waals surface area contributed by atoms with Crippen LogP contribution in [0.2, 0.25) is 0 Å². The fourth-order valence-corrected chi connectivity index (χ4v) is 0.586. The van der Waals surface area contributed by atoms with Gasteiger partial charge in [-0.1, -0.05) is 0 Å². The van der Waals surface area contributed by atoms with Crippen molar-refractivity contribution in [1.29, 1.82) is 0 Å². The van der Waals surface area contributed by atoms with Crippen LogP contribution in [0, 0.1) is 0 Å². The van der Waals surface area contributed by atoms with Crippen molar-refractivity contribution in [2.75, 3.05) is 13.6 Å². The Morgan fingerprint density at radius 3 is 2.85 bits per heavy atom. The largest absolute Gasteiger partial charge is 0.358 e. The number of likely N-dealkylation sites (N-methyl/N-ethyl adjacent to an activating group) is 1. The maximum atomic E-state index is 11.1. The van der Waals surface area contributed by atoms with E-state index in [4.69, 9.17) is 0 Å². The number of nitrogens with zero attached hydrogens (tertiary/aromatic N) is 3. The summed E-state index contributed by atoms with van der Waals surface area (Å²) in [6, 6.07) is 0. The molecule has 0 radical (unpaired) electrons. The lowest BCUT2D eigenvalue weighted by Crippen LogP contribution is -2.35.